The number of esters is 1. The minimum atomic E-state index is -0.625. The van der Waals surface area contributed by atoms with Crippen LogP contribution >= 0.6 is 0 Å². The fraction of sp³-hybridized carbons (Fsp3) is 0.692. The Morgan fingerprint density at radius 1 is 1.53 bits per heavy atom. The van der Waals surface area contributed by atoms with Crippen LogP contribution in [0.1, 0.15) is 26.2 Å². The van der Waals surface area contributed by atoms with Gasteiger partial charge < -0.3 is 19.5 Å². The third kappa shape index (κ3) is 3.07. The van der Waals surface area contributed by atoms with Crippen LogP contribution in [-0.4, -0.2) is 54.3 Å². The number of ether oxygens (including phenoxy) is 2. The Labute approximate surface area is 112 Å². The van der Waals surface area contributed by atoms with Crippen molar-refractivity contribution in [3.8, 4) is 0 Å². The Balaban J connectivity index is 1.96. The van der Waals surface area contributed by atoms with Gasteiger partial charge in [0.1, 0.15) is 5.57 Å². The van der Waals surface area contributed by atoms with Crippen LogP contribution in [0.2, 0.25) is 0 Å². The first-order valence-electron chi connectivity index (χ1n) is 6.63. The first-order valence-corrected chi connectivity index (χ1v) is 6.63. The molecule has 0 bridgehead atoms. The molecule has 2 rings (SSSR count). The summed E-state index contributed by atoms with van der Waals surface area (Å²) in [6.45, 7) is 3.11. The highest BCUT2D eigenvalue weighted by Crippen LogP contribution is 2.21. The maximum Gasteiger partial charge on any atom is 0.339 e. The van der Waals surface area contributed by atoms with Crippen molar-refractivity contribution in [3.05, 3.63) is 11.3 Å². The topological polar surface area (TPSA) is 76.1 Å². The third-order valence-corrected chi connectivity index (χ3v) is 3.34. The highest BCUT2D eigenvalue weighted by Gasteiger charge is 2.36. The maximum absolute atomic E-state index is 11.9. The molecule has 0 aromatic carbocycles. The van der Waals surface area contributed by atoms with E-state index >= 15 is 0 Å². The molecule has 6 nitrogen and oxygen atoms in total. The normalized spacial score (nSPS) is 23.9. The third-order valence-electron chi connectivity index (χ3n) is 3.34. The average molecular weight is 269 g/mol. The van der Waals surface area contributed by atoms with Crippen LogP contribution < -0.4 is 0 Å². The van der Waals surface area contributed by atoms with Crippen molar-refractivity contribution in [1.82, 2.24) is 4.90 Å². The molecule has 1 atom stereocenters. The Kier molecular flexibility index (Phi) is 4.42. The van der Waals surface area contributed by atoms with Crippen LogP contribution in [0.4, 0.5) is 0 Å². The Bertz CT molecular complexity index is 398. The quantitative estimate of drug-likeness (QED) is 0.763. The summed E-state index contributed by atoms with van der Waals surface area (Å²) >= 11 is 0. The van der Waals surface area contributed by atoms with Crippen molar-refractivity contribution in [3.63, 3.8) is 0 Å². The summed E-state index contributed by atoms with van der Waals surface area (Å²) in [5.74, 6) is -1.63. The molecule has 19 heavy (non-hydrogen) atoms. The molecule has 2 aliphatic rings. The summed E-state index contributed by atoms with van der Waals surface area (Å²) in [7, 11) is 0. The highest BCUT2D eigenvalue weighted by atomic mass is 16.5. The van der Waals surface area contributed by atoms with E-state index in [1.165, 1.54) is 4.90 Å². The SMILES string of the molecule is CCOC(=O)C1=C(O)C(=O)N(CC2CCCCO2)C1. The van der Waals surface area contributed by atoms with Crippen LogP contribution in [0.5, 0.6) is 0 Å². The van der Waals surface area contributed by atoms with Gasteiger partial charge in [-0.3, -0.25) is 4.79 Å². The number of amides is 1. The summed E-state index contributed by atoms with van der Waals surface area (Å²) in [5, 5.41) is 9.70. The zero-order chi connectivity index (χ0) is 13.8. The summed E-state index contributed by atoms with van der Waals surface area (Å²) < 4.78 is 10.4. The van der Waals surface area contributed by atoms with Crippen LogP contribution in [-0.2, 0) is 19.1 Å². The smallest absolute Gasteiger partial charge is 0.339 e. The number of carbonyl (C=O) groups excluding carboxylic acids is 2. The Morgan fingerprint density at radius 3 is 2.95 bits per heavy atom. The summed E-state index contributed by atoms with van der Waals surface area (Å²) in [6, 6.07) is 0. The second kappa shape index (κ2) is 6.06. The monoisotopic (exact) mass is 269 g/mol. The first kappa shape index (κ1) is 13.9. The van der Waals surface area contributed by atoms with Gasteiger partial charge in [0.25, 0.3) is 5.91 Å². The number of hydrogen-bond donors (Lipinski definition) is 1. The molecule has 0 saturated carbocycles. The molecule has 2 heterocycles. The number of aliphatic hydroxyl groups excluding tert-OH is 1. The second-order valence-electron chi connectivity index (χ2n) is 4.72. The fourth-order valence-corrected chi connectivity index (χ4v) is 2.34. The van der Waals surface area contributed by atoms with E-state index in [4.69, 9.17) is 9.47 Å². The van der Waals surface area contributed by atoms with Crippen molar-refractivity contribution in [2.45, 2.75) is 32.3 Å². The molecule has 106 valence electrons. The van der Waals surface area contributed by atoms with E-state index in [1.54, 1.807) is 6.92 Å². The highest BCUT2D eigenvalue weighted by molar-refractivity contribution is 6.05. The van der Waals surface area contributed by atoms with Crippen molar-refractivity contribution in [2.75, 3.05) is 26.3 Å². The summed E-state index contributed by atoms with van der Waals surface area (Å²) in [6.07, 6.45) is 3.02. The van der Waals surface area contributed by atoms with E-state index in [1.807, 2.05) is 0 Å². The predicted octanol–water partition coefficient (Wildman–Crippen LogP) is 0.773. The molecule has 0 aliphatic carbocycles. The van der Waals surface area contributed by atoms with Crippen LogP contribution in [0.3, 0.4) is 0 Å². The summed E-state index contributed by atoms with van der Waals surface area (Å²) in [4.78, 5) is 24.9. The summed E-state index contributed by atoms with van der Waals surface area (Å²) in [5.41, 5.74) is 0.0441. The predicted molar refractivity (Wildman–Crippen MR) is 66.5 cm³/mol. The van der Waals surface area contributed by atoms with Gasteiger partial charge in [-0.05, 0) is 26.2 Å². The Hall–Kier alpha value is -1.56. The van der Waals surface area contributed by atoms with E-state index in [9.17, 15) is 14.7 Å². The number of nitrogens with zero attached hydrogens (tertiary/aromatic N) is 1. The zero-order valence-corrected chi connectivity index (χ0v) is 11.1. The molecule has 1 fully saturated rings. The minimum absolute atomic E-state index is 0.00737. The molecule has 1 unspecified atom stereocenters. The lowest BCUT2D eigenvalue weighted by Crippen LogP contribution is -2.38. The number of carbonyl (C=O) groups is 2. The van der Waals surface area contributed by atoms with Crippen LogP contribution in [0, 0.1) is 0 Å². The van der Waals surface area contributed by atoms with Gasteiger partial charge in [-0.1, -0.05) is 0 Å². The molecule has 1 N–H and O–H groups in total. The van der Waals surface area contributed by atoms with E-state index < -0.39 is 17.6 Å². The maximum atomic E-state index is 11.9. The molecule has 0 radical (unpaired) electrons. The van der Waals surface area contributed by atoms with Gasteiger partial charge in [0, 0.05) is 13.2 Å². The van der Waals surface area contributed by atoms with Crippen LogP contribution in [0.15, 0.2) is 11.3 Å². The number of aliphatic hydroxyl groups is 1. The van der Waals surface area contributed by atoms with E-state index in [2.05, 4.69) is 0 Å². The molecule has 1 amide bonds. The lowest BCUT2D eigenvalue weighted by Gasteiger charge is -2.27. The van der Waals surface area contributed by atoms with E-state index in [0.29, 0.717) is 13.2 Å². The van der Waals surface area contributed by atoms with Gasteiger partial charge in [0.15, 0.2) is 5.76 Å². The molecular formula is C13H19NO5. The fourth-order valence-electron chi connectivity index (χ4n) is 2.34. The van der Waals surface area contributed by atoms with Gasteiger partial charge in [0.2, 0.25) is 0 Å². The van der Waals surface area contributed by atoms with Crippen molar-refractivity contribution >= 4 is 11.9 Å². The first-order chi connectivity index (χ1) is 9.13. The molecule has 6 heteroatoms. The number of hydrogen-bond acceptors (Lipinski definition) is 5. The number of rotatable bonds is 4. The van der Waals surface area contributed by atoms with Gasteiger partial charge in [0.05, 0.1) is 19.3 Å². The van der Waals surface area contributed by atoms with Gasteiger partial charge in [-0.15, -0.1) is 0 Å². The molecule has 0 aromatic heterocycles. The lowest BCUT2D eigenvalue weighted by atomic mass is 10.1. The largest absolute Gasteiger partial charge is 0.503 e. The van der Waals surface area contributed by atoms with Crippen LogP contribution in [0.25, 0.3) is 0 Å². The molecule has 1 saturated heterocycles. The molecular weight excluding hydrogens is 250 g/mol. The second-order valence-corrected chi connectivity index (χ2v) is 4.72. The van der Waals surface area contributed by atoms with Gasteiger partial charge in [-0.25, -0.2) is 4.79 Å². The molecule has 2 aliphatic heterocycles. The van der Waals surface area contributed by atoms with Gasteiger partial charge >= 0.3 is 5.97 Å². The van der Waals surface area contributed by atoms with Crippen molar-refractivity contribution < 1.29 is 24.2 Å². The van der Waals surface area contributed by atoms with E-state index in [0.717, 1.165) is 19.3 Å². The van der Waals surface area contributed by atoms with Gasteiger partial charge in [-0.2, -0.15) is 0 Å². The minimum Gasteiger partial charge on any atom is -0.503 e. The lowest BCUT2D eigenvalue weighted by molar-refractivity contribution is -0.138. The Morgan fingerprint density at radius 2 is 2.32 bits per heavy atom. The van der Waals surface area contributed by atoms with Crippen molar-refractivity contribution in [2.24, 2.45) is 0 Å². The molecule has 0 spiro atoms. The van der Waals surface area contributed by atoms with E-state index in [-0.39, 0.29) is 24.8 Å². The average Bonchev–Trinajstić information content (AvgIpc) is 2.69. The molecule has 0 aromatic rings. The zero-order valence-electron chi connectivity index (χ0n) is 11.1. The standard InChI is InChI=1S/C13H19NO5/c1-2-18-13(17)10-8-14(12(16)11(10)15)7-9-5-3-4-6-19-9/h9,15H,2-8H2,1H3. The van der Waals surface area contributed by atoms with Crippen molar-refractivity contribution in [1.29, 1.82) is 0 Å².